The molecular formula is C15H22O3. The largest absolute Gasteiger partial charge is 0.478 e. The van der Waals surface area contributed by atoms with E-state index in [9.17, 15) is 4.79 Å². The van der Waals surface area contributed by atoms with E-state index in [1.54, 1.807) is 13.0 Å². The number of aryl methyl sites for hydroxylation is 1. The van der Waals surface area contributed by atoms with Crippen molar-refractivity contribution in [3.8, 4) is 0 Å². The fraction of sp³-hybridized carbons (Fsp3) is 0.400. The van der Waals surface area contributed by atoms with Gasteiger partial charge in [0, 0.05) is 12.7 Å². The summed E-state index contributed by atoms with van der Waals surface area (Å²) in [5.74, 6) is -0.903. The summed E-state index contributed by atoms with van der Waals surface area (Å²) in [6, 6.07) is 7.92. The molecule has 0 aliphatic carbocycles. The molecule has 1 aromatic carbocycles. The number of hydrogen-bond acceptors (Lipinski definition) is 2. The van der Waals surface area contributed by atoms with Crippen molar-refractivity contribution in [1.29, 1.82) is 0 Å². The minimum absolute atomic E-state index is 0.250. The number of benzene rings is 1. The monoisotopic (exact) mass is 250 g/mol. The Kier molecular flexibility index (Phi) is 9.60. The maximum absolute atomic E-state index is 10.4. The van der Waals surface area contributed by atoms with Gasteiger partial charge in [0.15, 0.2) is 0 Å². The Bertz CT molecular complexity index is 370. The van der Waals surface area contributed by atoms with Crippen molar-refractivity contribution in [2.75, 3.05) is 6.61 Å². The van der Waals surface area contributed by atoms with E-state index in [1.165, 1.54) is 11.6 Å². The SMILES string of the molecule is CCCCc1ccccc1/C=C/C(=O)O.CCO. The molecule has 1 rings (SSSR count). The Morgan fingerprint density at radius 2 is 1.89 bits per heavy atom. The summed E-state index contributed by atoms with van der Waals surface area (Å²) < 4.78 is 0. The van der Waals surface area contributed by atoms with Gasteiger partial charge in [-0.1, -0.05) is 37.6 Å². The van der Waals surface area contributed by atoms with Gasteiger partial charge in [-0.15, -0.1) is 0 Å². The Morgan fingerprint density at radius 3 is 2.44 bits per heavy atom. The lowest BCUT2D eigenvalue weighted by Gasteiger charge is -2.04. The number of rotatable bonds is 5. The van der Waals surface area contributed by atoms with Crippen molar-refractivity contribution < 1.29 is 15.0 Å². The molecule has 0 radical (unpaired) electrons. The van der Waals surface area contributed by atoms with Crippen LogP contribution in [0.4, 0.5) is 0 Å². The summed E-state index contributed by atoms with van der Waals surface area (Å²) in [5, 5.41) is 16.1. The van der Waals surface area contributed by atoms with Crippen LogP contribution in [0.5, 0.6) is 0 Å². The van der Waals surface area contributed by atoms with Crippen molar-refractivity contribution in [1.82, 2.24) is 0 Å². The third kappa shape index (κ3) is 7.63. The van der Waals surface area contributed by atoms with Gasteiger partial charge in [0.25, 0.3) is 0 Å². The van der Waals surface area contributed by atoms with E-state index in [0.29, 0.717) is 0 Å². The molecule has 0 aliphatic heterocycles. The van der Waals surface area contributed by atoms with E-state index in [0.717, 1.165) is 24.8 Å². The van der Waals surface area contributed by atoms with Gasteiger partial charge < -0.3 is 10.2 Å². The Balaban J connectivity index is 0.000000873. The smallest absolute Gasteiger partial charge is 0.328 e. The van der Waals surface area contributed by atoms with Crippen LogP contribution < -0.4 is 0 Å². The first kappa shape index (κ1) is 16.4. The molecule has 0 saturated carbocycles. The molecule has 0 unspecified atom stereocenters. The van der Waals surface area contributed by atoms with Gasteiger partial charge in [0.2, 0.25) is 0 Å². The molecule has 1 aromatic rings. The van der Waals surface area contributed by atoms with Crippen LogP contribution in [0.15, 0.2) is 30.3 Å². The number of aliphatic hydroxyl groups excluding tert-OH is 1. The molecule has 0 spiro atoms. The Hall–Kier alpha value is -1.61. The van der Waals surface area contributed by atoms with Crippen LogP contribution in [-0.2, 0) is 11.2 Å². The van der Waals surface area contributed by atoms with E-state index < -0.39 is 5.97 Å². The van der Waals surface area contributed by atoms with E-state index in [-0.39, 0.29) is 6.61 Å². The fourth-order valence-electron chi connectivity index (χ4n) is 1.45. The Labute approximate surface area is 109 Å². The lowest BCUT2D eigenvalue weighted by molar-refractivity contribution is -0.131. The molecule has 0 heterocycles. The molecule has 0 aliphatic rings. The minimum Gasteiger partial charge on any atom is -0.478 e. The standard InChI is InChI=1S/C13H16O2.C2H6O/c1-2-3-6-11-7-4-5-8-12(11)9-10-13(14)15;1-2-3/h4-5,7-10H,2-3,6H2,1H3,(H,14,15);3H,2H2,1H3/b10-9+;. The van der Waals surface area contributed by atoms with Crippen LogP contribution in [0.3, 0.4) is 0 Å². The zero-order chi connectivity index (χ0) is 13.8. The molecule has 0 aromatic heterocycles. The van der Waals surface area contributed by atoms with Crippen molar-refractivity contribution in [3.63, 3.8) is 0 Å². The number of hydrogen-bond donors (Lipinski definition) is 2. The van der Waals surface area contributed by atoms with Crippen LogP contribution in [0.25, 0.3) is 6.08 Å². The van der Waals surface area contributed by atoms with Gasteiger partial charge in [-0.05, 0) is 37.0 Å². The van der Waals surface area contributed by atoms with Crippen LogP contribution in [0.1, 0.15) is 37.8 Å². The molecule has 0 bridgehead atoms. The van der Waals surface area contributed by atoms with E-state index in [2.05, 4.69) is 13.0 Å². The summed E-state index contributed by atoms with van der Waals surface area (Å²) in [6.45, 7) is 4.08. The lowest BCUT2D eigenvalue weighted by atomic mass is 10.0. The van der Waals surface area contributed by atoms with Crippen LogP contribution in [0, 0.1) is 0 Å². The second-order valence-corrected chi connectivity index (χ2v) is 3.79. The molecule has 0 amide bonds. The van der Waals surface area contributed by atoms with Crippen molar-refractivity contribution in [3.05, 3.63) is 41.5 Å². The zero-order valence-electron chi connectivity index (χ0n) is 11.1. The third-order valence-corrected chi connectivity index (χ3v) is 2.26. The Morgan fingerprint density at radius 1 is 1.28 bits per heavy atom. The quantitative estimate of drug-likeness (QED) is 0.789. The number of aliphatic carboxylic acids is 1. The first-order valence-corrected chi connectivity index (χ1v) is 6.25. The number of aliphatic hydroxyl groups is 1. The van der Waals surface area contributed by atoms with Gasteiger partial charge in [0.1, 0.15) is 0 Å². The number of carboxylic acid groups (broad SMARTS) is 1. The van der Waals surface area contributed by atoms with Gasteiger partial charge in [0.05, 0.1) is 0 Å². The maximum atomic E-state index is 10.4. The highest BCUT2D eigenvalue weighted by atomic mass is 16.4. The van der Waals surface area contributed by atoms with Crippen molar-refractivity contribution >= 4 is 12.0 Å². The summed E-state index contributed by atoms with van der Waals surface area (Å²) in [4.78, 5) is 10.4. The molecule has 2 N–H and O–H groups in total. The second kappa shape index (κ2) is 10.5. The molecule has 3 nitrogen and oxygen atoms in total. The summed E-state index contributed by atoms with van der Waals surface area (Å²) in [7, 11) is 0. The number of carboxylic acids is 1. The highest BCUT2D eigenvalue weighted by molar-refractivity contribution is 5.85. The highest BCUT2D eigenvalue weighted by Gasteiger charge is 1.98. The van der Waals surface area contributed by atoms with Gasteiger partial charge in [-0.25, -0.2) is 4.79 Å². The van der Waals surface area contributed by atoms with E-state index in [1.807, 2.05) is 18.2 Å². The third-order valence-electron chi connectivity index (χ3n) is 2.26. The van der Waals surface area contributed by atoms with Crippen LogP contribution in [-0.4, -0.2) is 22.8 Å². The number of carbonyl (C=O) groups is 1. The highest BCUT2D eigenvalue weighted by Crippen LogP contribution is 2.13. The minimum atomic E-state index is -0.903. The zero-order valence-corrected chi connectivity index (χ0v) is 11.1. The molecule has 3 heteroatoms. The first-order chi connectivity index (χ1) is 8.65. The van der Waals surface area contributed by atoms with E-state index >= 15 is 0 Å². The van der Waals surface area contributed by atoms with E-state index in [4.69, 9.17) is 10.2 Å². The molecule has 0 saturated heterocycles. The van der Waals surface area contributed by atoms with Gasteiger partial charge in [-0.3, -0.25) is 0 Å². The fourth-order valence-corrected chi connectivity index (χ4v) is 1.45. The van der Waals surface area contributed by atoms with Gasteiger partial charge in [-0.2, -0.15) is 0 Å². The molecule has 0 fully saturated rings. The molecular weight excluding hydrogens is 228 g/mol. The summed E-state index contributed by atoms with van der Waals surface area (Å²) >= 11 is 0. The normalized spacial score (nSPS) is 9.94. The average Bonchev–Trinajstić information content (AvgIpc) is 2.35. The summed E-state index contributed by atoms with van der Waals surface area (Å²) in [6.07, 6.45) is 6.14. The molecule has 18 heavy (non-hydrogen) atoms. The maximum Gasteiger partial charge on any atom is 0.328 e. The van der Waals surface area contributed by atoms with Crippen molar-refractivity contribution in [2.24, 2.45) is 0 Å². The number of unbranched alkanes of at least 4 members (excludes halogenated alkanes) is 1. The average molecular weight is 250 g/mol. The first-order valence-electron chi connectivity index (χ1n) is 6.25. The van der Waals surface area contributed by atoms with Crippen LogP contribution >= 0.6 is 0 Å². The lowest BCUT2D eigenvalue weighted by Crippen LogP contribution is -1.90. The van der Waals surface area contributed by atoms with Crippen molar-refractivity contribution in [2.45, 2.75) is 33.1 Å². The van der Waals surface area contributed by atoms with Gasteiger partial charge >= 0.3 is 5.97 Å². The topological polar surface area (TPSA) is 57.5 Å². The predicted molar refractivity (Wildman–Crippen MR) is 74.5 cm³/mol. The predicted octanol–water partition coefficient (Wildman–Crippen LogP) is 3.13. The molecule has 100 valence electrons. The summed E-state index contributed by atoms with van der Waals surface area (Å²) in [5.41, 5.74) is 2.23. The second-order valence-electron chi connectivity index (χ2n) is 3.79. The van der Waals surface area contributed by atoms with Crippen LogP contribution in [0.2, 0.25) is 0 Å². The molecule has 0 atom stereocenters.